The Morgan fingerprint density at radius 1 is 1.10 bits per heavy atom. The van der Waals surface area contributed by atoms with Gasteiger partial charge in [-0.3, -0.25) is 4.79 Å². The van der Waals surface area contributed by atoms with E-state index in [9.17, 15) is 13.2 Å². The first-order valence-corrected chi connectivity index (χ1v) is 11.8. The molecule has 1 aliphatic rings. The lowest BCUT2D eigenvalue weighted by molar-refractivity contribution is 0.0939. The van der Waals surface area contributed by atoms with E-state index in [4.69, 9.17) is 9.47 Å². The fourth-order valence-corrected chi connectivity index (χ4v) is 5.22. The monoisotopic (exact) mass is 446 g/mol. The van der Waals surface area contributed by atoms with Crippen LogP contribution in [0, 0.1) is 5.92 Å². The summed E-state index contributed by atoms with van der Waals surface area (Å²) in [7, 11) is -0.487. The van der Waals surface area contributed by atoms with Crippen LogP contribution in [0.15, 0.2) is 47.4 Å². The van der Waals surface area contributed by atoms with Crippen molar-refractivity contribution in [2.75, 3.05) is 27.3 Å². The summed E-state index contributed by atoms with van der Waals surface area (Å²) in [5.41, 5.74) is 1.06. The van der Waals surface area contributed by atoms with E-state index in [1.807, 2.05) is 13.0 Å². The number of methoxy groups -OCH3 is 2. The predicted molar refractivity (Wildman–Crippen MR) is 119 cm³/mol. The third-order valence-corrected chi connectivity index (χ3v) is 7.62. The SMILES string of the molecule is COc1ccc(OC)c([C@@H](C)NC(=O)c2cccc(S(=O)(=O)N3CCC(C)CC3)c2)c1. The van der Waals surface area contributed by atoms with Crippen molar-refractivity contribution in [3.63, 3.8) is 0 Å². The summed E-state index contributed by atoms with van der Waals surface area (Å²) < 4.78 is 38.2. The highest BCUT2D eigenvalue weighted by atomic mass is 32.2. The van der Waals surface area contributed by atoms with Crippen LogP contribution in [0.1, 0.15) is 48.7 Å². The maximum absolute atomic E-state index is 13.0. The Labute approximate surface area is 184 Å². The lowest BCUT2D eigenvalue weighted by atomic mass is 10.0. The zero-order valence-electron chi connectivity index (χ0n) is 18.4. The Hall–Kier alpha value is -2.58. The second-order valence-corrected chi connectivity index (χ2v) is 9.86. The maximum atomic E-state index is 13.0. The number of carbonyl (C=O) groups excluding carboxylic acids is 1. The van der Waals surface area contributed by atoms with E-state index in [-0.39, 0.29) is 16.8 Å². The summed E-state index contributed by atoms with van der Waals surface area (Å²) in [4.78, 5) is 13.0. The molecular weight excluding hydrogens is 416 g/mol. The fraction of sp³-hybridized carbons (Fsp3) is 0.435. The smallest absolute Gasteiger partial charge is 0.251 e. The van der Waals surface area contributed by atoms with E-state index >= 15 is 0 Å². The summed E-state index contributed by atoms with van der Waals surface area (Å²) >= 11 is 0. The molecule has 0 aromatic heterocycles. The molecule has 1 aliphatic heterocycles. The van der Waals surface area contributed by atoms with Gasteiger partial charge in [0.1, 0.15) is 11.5 Å². The first kappa shape index (κ1) is 23.1. The van der Waals surface area contributed by atoms with Crippen molar-refractivity contribution in [2.24, 2.45) is 5.92 Å². The highest BCUT2D eigenvalue weighted by Crippen LogP contribution is 2.29. The molecule has 1 saturated heterocycles. The van der Waals surface area contributed by atoms with E-state index < -0.39 is 10.0 Å². The van der Waals surface area contributed by atoms with Crippen molar-refractivity contribution in [1.82, 2.24) is 9.62 Å². The highest BCUT2D eigenvalue weighted by molar-refractivity contribution is 7.89. The molecular formula is C23H30N2O5S. The summed E-state index contributed by atoms with van der Waals surface area (Å²) in [6.07, 6.45) is 1.69. The average molecular weight is 447 g/mol. The molecule has 7 nitrogen and oxygen atoms in total. The van der Waals surface area contributed by atoms with Crippen LogP contribution in [0.5, 0.6) is 11.5 Å². The zero-order valence-corrected chi connectivity index (χ0v) is 19.2. The van der Waals surface area contributed by atoms with Crippen molar-refractivity contribution in [1.29, 1.82) is 0 Å². The molecule has 0 aliphatic carbocycles. The van der Waals surface area contributed by atoms with E-state index in [1.54, 1.807) is 44.6 Å². The van der Waals surface area contributed by atoms with Gasteiger partial charge in [-0.1, -0.05) is 13.0 Å². The molecule has 8 heteroatoms. The van der Waals surface area contributed by atoms with Crippen molar-refractivity contribution >= 4 is 15.9 Å². The number of carbonyl (C=O) groups is 1. The second kappa shape index (κ2) is 9.70. The van der Waals surface area contributed by atoms with Gasteiger partial charge < -0.3 is 14.8 Å². The zero-order chi connectivity index (χ0) is 22.6. The van der Waals surface area contributed by atoms with Gasteiger partial charge in [-0.15, -0.1) is 0 Å². The molecule has 2 aromatic rings. The van der Waals surface area contributed by atoms with Gasteiger partial charge in [0.15, 0.2) is 0 Å². The minimum absolute atomic E-state index is 0.140. The summed E-state index contributed by atoms with van der Waals surface area (Å²) in [6, 6.07) is 11.2. The van der Waals surface area contributed by atoms with Crippen molar-refractivity contribution in [3.05, 3.63) is 53.6 Å². The number of hydrogen-bond donors (Lipinski definition) is 1. The summed E-state index contributed by atoms with van der Waals surface area (Å²) in [6.45, 7) is 4.98. The number of hydrogen-bond acceptors (Lipinski definition) is 5. The molecule has 0 spiro atoms. The Kier molecular flexibility index (Phi) is 7.23. The molecule has 168 valence electrons. The van der Waals surface area contributed by atoms with Gasteiger partial charge in [0, 0.05) is 24.2 Å². The number of nitrogens with zero attached hydrogens (tertiary/aromatic N) is 1. The van der Waals surface area contributed by atoms with Crippen LogP contribution in [0.2, 0.25) is 0 Å². The van der Waals surface area contributed by atoms with Gasteiger partial charge in [-0.25, -0.2) is 8.42 Å². The number of rotatable bonds is 7. The highest BCUT2D eigenvalue weighted by Gasteiger charge is 2.28. The largest absolute Gasteiger partial charge is 0.497 e. The molecule has 1 amide bonds. The first-order chi connectivity index (χ1) is 14.8. The predicted octanol–water partition coefficient (Wildman–Crippen LogP) is 3.62. The van der Waals surface area contributed by atoms with E-state index in [2.05, 4.69) is 12.2 Å². The van der Waals surface area contributed by atoms with Gasteiger partial charge in [-0.2, -0.15) is 4.31 Å². The Bertz CT molecular complexity index is 1030. The Balaban J connectivity index is 1.79. The molecule has 1 atom stereocenters. The fourth-order valence-electron chi connectivity index (χ4n) is 3.71. The summed E-state index contributed by atoms with van der Waals surface area (Å²) in [5.74, 6) is 1.45. The van der Waals surface area contributed by atoms with Gasteiger partial charge >= 0.3 is 0 Å². The van der Waals surface area contributed by atoms with Crippen molar-refractivity contribution in [3.8, 4) is 11.5 Å². The van der Waals surface area contributed by atoms with Crippen LogP contribution in [0.25, 0.3) is 0 Å². The van der Waals surface area contributed by atoms with Crippen molar-refractivity contribution in [2.45, 2.75) is 37.6 Å². The maximum Gasteiger partial charge on any atom is 0.251 e. The molecule has 1 N–H and O–H groups in total. The number of sulfonamides is 1. The van der Waals surface area contributed by atoms with E-state index in [0.717, 1.165) is 18.4 Å². The molecule has 0 unspecified atom stereocenters. The van der Waals surface area contributed by atoms with E-state index in [1.165, 1.54) is 10.4 Å². The standard InChI is InChI=1S/C23H30N2O5S/c1-16-10-12-25(13-11-16)31(27,28)20-7-5-6-18(14-20)23(26)24-17(2)21-15-19(29-3)8-9-22(21)30-4/h5-9,14-17H,10-13H2,1-4H3,(H,24,26)/t17-/m1/s1. The summed E-state index contributed by atoms with van der Waals surface area (Å²) in [5, 5.41) is 2.92. The number of nitrogens with one attached hydrogen (secondary N) is 1. The second-order valence-electron chi connectivity index (χ2n) is 7.92. The molecule has 3 rings (SSSR count). The van der Waals surface area contributed by atoms with Crippen LogP contribution in [-0.4, -0.2) is 45.9 Å². The Morgan fingerprint density at radius 2 is 1.81 bits per heavy atom. The van der Waals surface area contributed by atoms with Crippen LogP contribution in [-0.2, 0) is 10.0 Å². The first-order valence-electron chi connectivity index (χ1n) is 10.4. The minimum Gasteiger partial charge on any atom is -0.497 e. The van der Waals surface area contributed by atoms with Gasteiger partial charge in [0.2, 0.25) is 10.0 Å². The van der Waals surface area contributed by atoms with Crippen LogP contribution < -0.4 is 14.8 Å². The third-order valence-electron chi connectivity index (χ3n) is 5.73. The lowest BCUT2D eigenvalue weighted by Crippen LogP contribution is -2.38. The molecule has 1 fully saturated rings. The molecule has 0 bridgehead atoms. The van der Waals surface area contributed by atoms with Gasteiger partial charge in [0.25, 0.3) is 5.91 Å². The number of ether oxygens (including phenoxy) is 2. The minimum atomic E-state index is -3.62. The third kappa shape index (κ3) is 5.19. The lowest BCUT2D eigenvalue weighted by Gasteiger charge is -2.29. The normalized spacial score (nSPS) is 16.5. The molecule has 1 heterocycles. The average Bonchev–Trinajstić information content (AvgIpc) is 2.78. The van der Waals surface area contributed by atoms with E-state index in [0.29, 0.717) is 36.1 Å². The molecule has 0 radical (unpaired) electrons. The van der Waals surface area contributed by atoms with Crippen molar-refractivity contribution < 1.29 is 22.7 Å². The Morgan fingerprint density at radius 3 is 2.45 bits per heavy atom. The number of piperidine rings is 1. The van der Waals surface area contributed by atoms with Gasteiger partial charge in [0.05, 0.1) is 25.2 Å². The molecule has 0 saturated carbocycles. The van der Waals surface area contributed by atoms with Crippen LogP contribution in [0.3, 0.4) is 0 Å². The quantitative estimate of drug-likeness (QED) is 0.702. The molecule has 31 heavy (non-hydrogen) atoms. The number of amides is 1. The van der Waals surface area contributed by atoms with Crippen LogP contribution in [0.4, 0.5) is 0 Å². The number of benzene rings is 2. The topological polar surface area (TPSA) is 84.9 Å². The van der Waals surface area contributed by atoms with Gasteiger partial charge in [-0.05, 0) is 62.1 Å². The van der Waals surface area contributed by atoms with Crippen LogP contribution >= 0.6 is 0 Å². The molecule has 2 aromatic carbocycles.